The molecule has 3 rings (SSSR count). The van der Waals surface area contributed by atoms with Gasteiger partial charge in [-0.15, -0.1) is 12.4 Å². The molecule has 0 aliphatic carbocycles. The van der Waals surface area contributed by atoms with E-state index < -0.39 is 0 Å². The second kappa shape index (κ2) is 7.41. The van der Waals surface area contributed by atoms with Crippen LogP contribution in [-0.4, -0.2) is 37.2 Å². The first-order chi connectivity index (χ1) is 10.6. The molecule has 0 bridgehead atoms. The van der Waals surface area contributed by atoms with Gasteiger partial charge in [0.1, 0.15) is 0 Å². The lowest BCUT2D eigenvalue weighted by atomic mass is 9.81. The highest BCUT2D eigenvalue weighted by atomic mass is 35.5. The minimum Gasteiger partial charge on any atom is -0.454 e. The summed E-state index contributed by atoms with van der Waals surface area (Å²) in [6, 6.07) is 5.89. The number of benzene rings is 1. The largest absolute Gasteiger partial charge is 0.454 e. The Hall–Kier alpha value is -1.46. The number of ether oxygens (including phenoxy) is 2. The van der Waals surface area contributed by atoms with Crippen molar-refractivity contribution in [3.05, 3.63) is 23.8 Å². The smallest absolute Gasteiger partial charge is 0.231 e. The molecule has 1 amide bonds. The molecule has 0 saturated carbocycles. The molecular weight excluding hydrogens is 316 g/mol. The summed E-state index contributed by atoms with van der Waals surface area (Å²) in [7, 11) is 0. The topological polar surface area (TPSA) is 50.8 Å². The summed E-state index contributed by atoms with van der Waals surface area (Å²) >= 11 is 0. The van der Waals surface area contributed by atoms with Gasteiger partial charge in [-0.3, -0.25) is 4.79 Å². The summed E-state index contributed by atoms with van der Waals surface area (Å²) in [5.74, 6) is 1.79. The van der Waals surface area contributed by atoms with E-state index in [4.69, 9.17) is 9.47 Å². The SMILES string of the molecule is CCN(Cc1ccc2c(c1)OCO2)C(=O)C1(C)CCCNC1.Cl. The average molecular weight is 341 g/mol. The van der Waals surface area contributed by atoms with Crippen LogP contribution in [0, 0.1) is 5.41 Å². The van der Waals surface area contributed by atoms with Crippen molar-refractivity contribution < 1.29 is 14.3 Å². The fourth-order valence-electron chi connectivity index (χ4n) is 3.21. The number of carbonyl (C=O) groups excluding carboxylic acids is 1. The number of nitrogens with one attached hydrogen (secondary N) is 1. The number of rotatable bonds is 4. The summed E-state index contributed by atoms with van der Waals surface area (Å²) < 4.78 is 10.7. The molecule has 1 unspecified atom stereocenters. The lowest BCUT2D eigenvalue weighted by Crippen LogP contribution is -2.50. The molecule has 1 atom stereocenters. The second-order valence-corrected chi connectivity index (χ2v) is 6.35. The molecule has 2 heterocycles. The first-order valence-corrected chi connectivity index (χ1v) is 8.01. The van der Waals surface area contributed by atoms with Crippen molar-refractivity contribution in [3.8, 4) is 11.5 Å². The first kappa shape index (κ1) is 17.9. The van der Waals surface area contributed by atoms with E-state index in [9.17, 15) is 4.79 Å². The predicted molar refractivity (Wildman–Crippen MR) is 91.1 cm³/mol. The van der Waals surface area contributed by atoms with Crippen molar-refractivity contribution in [2.75, 3.05) is 26.4 Å². The number of carbonyl (C=O) groups is 1. The highest BCUT2D eigenvalue weighted by Crippen LogP contribution is 2.33. The van der Waals surface area contributed by atoms with Gasteiger partial charge in [-0.1, -0.05) is 6.07 Å². The molecule has 128 valence electrons. The van der Waals surface area contributed by atoms with Crippen molar-refractivity contribution in [1.82, 2.24) is 10.2 Å². The lowest BCUT2D eigenvalue weighted by Gasteiger charge is -2.37. The van der Waals surface area contributed by atoms with E-state index in [2.05, 4.69) is 12.2 Å². The molecule has 2 aliphatic heterocycles. The Morgan fingerprint density at radius 2 is 2.13 bits per heavy atom. The molecule has 0 spiro atoms. The third-order valence-electron chi connectivity index (χ3n) is 4.59. The van der Waals surface area contributed by atoms with E-state index in [1.165, 1.54) is 0 Å². The van der Waals surface area contributed by atoms with Gasteiger partial charge in [-0.2, -0.15) is 0 Å². The second-order valence-electron chi connectivity index (χ2n) is 6.35. The molecule has 1 saturated heterocycles. The van der Waals surface area contributed by atoms with Gasteiger partial charge in [0, 0.05) is 19.6 Å². The van der Waals surface area contributed by atoms with Crippen LogP contribution in [0.3, 0.4) is 0 Å². The fourth-order valence-corrected chi connectivity index (χ4v) is 3.21. The van der Waals surface area contributed by atoms with E-state index in [1.54, 1.807) is 0 Å². The zero-order chi connectivity index (χ0) is 15.6. The number of fused-ring (bicyclic) bond motifs is 1. The number of hydrogen-bond acceptors (Lipinski definition) is 4. The van der Waals surface area contributed by atoms with Gasteiger partial charge in [-0.05, 0) is 50.9 Å². The van der Waals surface area contributed by atoms with Gasteiger partial charge in [0.05, 0.1) is 5.41 Å². The molecule has 0 aromatic heterocycles. The third-order valence-corrected chi connectivity index (χ3v) is 4.59. The van der Waals surface area contributed by atoms with E-state index in [0.29, 0.717) is 13.1 Å². The van der Waals surface area contributed by atoms with Crippen molar-refractivity contribution in [2.24, 2.45) is 5.41 Å². The summed E-state index contributed by atoms with van der Waals surface area (Å²) in [6.07, 6.45) is 2.01. The molecule has 2 aliphatic rings. The van der Waals surface area contributed by atoms with Crippen LogP contribution >= 0.6 is 12.4 Å². The molecule has 6 heteroatoms. The Morgan fingerprint density at radius 1 is 1.35 bits per heavy atom. The van der Waals surface area contributed by atoms with Crippen LogP contribution in [0.5, 0.6) is 11.5 Å². The number of amides is 1. The lowest BCUT2D eigenvalue weighted by molar-refractivity contribution is -0.142. The van der Waals surface area contributed by atoms with Crippen LogP contribution in [0.4, 0.5) is 0 Å². The van der Waals surface area contributed by atoms with Crippen LogP contribution < -0.4 is 14.8 Å². The van der Waals surface area contributed by atoms with Crippen LogP contribution in [0.25, 0.3) is 0 Å². The predicted octanol–water partition coefficient (Wildman–Crippen LogP) is 2.58. The monoisotopic (exact) mass is 340 g/mol. The average Bonchev–Trinajstić information content (AvgIpc) is 3.00. The van der Waals surface area contributed by atoms with E-state index in [-0.39, 0.29) is 30.5 Å². The normalized spacial score (nSPS) is 22.3. The Morgan fingerprint density at radius 3 is 2.83 bits per heavy atom. The number of nitrogens with zero attached hydrogens (tertiary/aromatic N) is 1. The zero-order valence-electron chi connectivity index (χ0n) is 13.8. The van der Waals surface area contributed by atoms with Crippen molar-refractivity contribution in [2.45, 2.75) is 33.2 Å². The van der Waals surface area contributed by atoms with Gasteiger partial charge >= 0.3 is 0 Å². The highest BCUT2D eigenvalue weighted by Gasteiger charge is 2.37. The van der Waals surface area contributed by atoms with Gasteiger partial charge in [0.2, 0.25) is 12.7 Å². The maximum atomic E-state index is 12.9. The summed E-state index contributed by atoms with van der Waals surface area (Å²) in [5.41, 5.74) is 0.789. The third kappa shape index (κ3) is 3.72. The van der Waals surface area contributed by atoms with Gasteiger partial charge in [0.25, 0.3) is 0 Å². The maximum absolute atomic E-state index is 12.9. The fraction of sp³-hybridized carbons (Fsp3) is 0.588. The summed E-state index contributed by atoms with van der Waals surface area (Å²) in [4.78, 5) is 14.9. The molecule has 1 aromatic rings. The molecular formula is C17H25ClN2O3. The molecule has 1 N–H and O–H groups in total. The highest BCUT2D eigenvalue weighted by molar-refractivity contribution is 5.85. The minimum absolute atomic E-state index is 0. The molecule has 1 aromatic carbocycles. The van der Waals surface area contributed by atoms with Crippen LogP contribution in [0.2, 0.25) is 0 Å². The zero-order valence-corrected chi connectivity index (χ0v) is 14.6. The van der Waals surface area contributed by atoms with Crippen molar-refractivity contribution in [1.29, 1.82) is 0 Å². The van der Waals surface area contributed by atoms with Gasteiger partial charge in [-0.25, -0.2) is 0 Å². The van der Waals surface area contributed by atoms with Crippen LogP contribution in [-0.2, 0) is 11.3 Å². The molecule has 23 heavy (non-hydrogen) atoms. The Balaban J connectivity index is 0.00000192. The van der Waals surface area contributed by atoms with E-state index >= 15 is 0 Å². The van der Waals surface area contributed by atoms with Crippen LogP contribution in [0.1, 0.15) is 32.3 Å². The van der Waals surface area contributed by atoms with Gasteiger partial charge in [0.15, 0.2) is 11.5 Å². The number of halogens is 1. The first-order valence-electron chi connectivity index (χ1n) is 8.01. The van der Waals surface area contributed by atoms with Gasteiger partial charge < -0.3 is 19.7 Å². The van der Waals surface area contributed by atoms with E-state index in [0.717, 1.165) is 43.0 Å². The summed E-state index contributed by atoms with van der Waals surface area (Å²) in [6.45, 7) is 7.48. The Bertz CT molecular complexity index is 559. The number of piperidine rings is 1. The standard InChI is InChI=1S/C17H24N2O3.ClH/c1-3-19(16(20)17(2)7-4-8-18-11-17)10-13-5-6-14-15(9-13)22-12-21-14;/h5-6,9,18H,3-4,7-8,10-12H2,1-2H3;1H. The molecule has 0 radical (unpaired) electrons. The van der Waals surface area contributed by atoms with Crippen LogP contribution in [0.15, 0.2) is 18.2 Å². The quantitative estimate of drug-likeness (QED) is 0.915. The van der Waals surface area contributed by atoms with Crippen molar-refractivity contribution >= 4 is 18.3 Å². The summed E-state index contributed by atoms with van der Waals surface area (Å²) in [5, 5.41) is 3.35. The molecule has 5 nitrogen and oxygen atoms in total. The Kier molecular flexibility index (Phi) is 5.76. The minimum atomic E-state index is -0.287. The van der Waals surface area contributed by atoms with E-state index in [1.807, 2.05) is 30.0 Å². The van der Waals surface area contributed by atoms with Crippen molar-refractivity contribution in [3.63, 3.8) is 0 Å². The number of hydrogen-bond donors (Lipinski definition) is 1. The molecule has 1 fully saturated rings. The maximum Gasteiger partial charge on any atom is 0.231 e. The Labute approximate surface area is 143 Å².